The van der Waals surface area contributed by atoms with Crippen LogP contribution in [0.25, 0.3) is 5.76 Å². The van der Waals surface area contributed by atoms with Crippen LogP contribution in [-0.4, -0.2) is 26.8 Å². The fourth-order valence-electron chi connectivity index (χ4n) is 3.63. The van der Waals surface area contributed by atoms with Gasteiger partial charge in [-0.3, -0.25) is 9.59 Å². The van der Waals surface area contributed by atoms with Crippen LogP contribution in [-0.2, 0) is 16.1 Å². The van der Waals surface area contributed by atoms with Crippen LogP contribution in [0.5, 0.6) is 5.75 Å². The molecule has 6 heteroatoms. The van der Waals surface area contributed by atoms with Gasteiger partial charge in [0.25, 0.3) is 11.7 Å². The van der Waals surface area contributed by atoms with Crippen molar-refractivity contribution >= 4 is 29.1 Å². The Balaban J connectivity index is 1.87. The smallest absolute Gasteiger partial charge is 0.295 e. The van der Waals surface area contributed by atoms with Gasteiger partial charge in [0.2, 0.25) is 0 Å². The van der Waals surface area contributed by atoms with Crippen LogP contribution in [0.1, 0.15) is 22.7 Å². The normalized spacial score (nSPS) is 18.0. The van der Waals surface area contributed by atoms with Crippen molar-refractivity contribution in [2.24, 2.45) is 0 Å². The first kappa shape index (κ1) is 19.7. The predicted octanol–water partition coefficient (Wildman–Crippen LogP) is 4.67. The van der Waals surface area contributed by atoms with Crippen molar-refractivity contribution in [1.29, 1.82) is 0 Å². The summed E-state index contributed by atoms with van der Waals surface area (Å²) >= 11 is 5.93. The standard InChI is InChI=1S/C24H18ClNO4/c25-18-11-9-16(10-12-18)22(28)20-21(17-7-4-8-19(27)13-17)26(24(30)23(20)29)14-15-5-2-1-3-6-15/h1-13,21,27-28H,14H2. The molecule has 150 valence electrons. The number of aromatic hydroxyl groups is 1. The van der Waals surface area contributed by atoms with Gasteiger partial charge in [0, 0.05) is 17.1 Å². The number of benzene rings is 3. The van der Waals surface area contributed by atoms with Gasteiger partial charge >= 0.3 is 0 Å². The highest BCUT2D eigenvalue weighted by Gasteiger charge is 2.46. The highest BCUT2D eigenvalue weighted by Crippen LogP contribution is 2.41. The average molecular weight is 420 g/mol. The van der Waals surface area contributed by atoms with Gasteiger partial charge in [0.15, 0.2) is 0 Å². The Bertz CT molecular complexity index is 1140. The number of nitrogens with zero attached hydrogens (tertiary/aromatic N) is 1. The second-order valence-corrected chi connectivity index (χ2v) is 7.45. The van der Waals surface area contributed by atoms with Crippen molar-refractivity contribution in [3.63, 3.8) is 0 Å². The molecule has 0 aromatic heterocycles. The summed E-state index contributed by atoms with van der Waals surface area (Å²) < 4.78 is 0. The molecule has 1 unspecified atom stereocenters. The van der Waals surface area contributed by atoms with E-state index in [-0.39, 0.29) is 23.6 Å². The number of phenols is 1. The summed E-state index contributed by atoms with van der Waals surface area (Å²) in [7, 11) is 0. The number of rotatable bonds is 4. The number of amides is 1. The molecule has 1 fully saturated rings. The van der Waals surface area contributed by atoms with Crippen LogP contribution < -0.4 is 0 Å². The summed E-state index contributed by atoms with van der Waals surface area (Å²) in [5, 5.41) is 21.4. The summed E-state index contributed by atoms with van der Waals surface area (Å²) in [6, 6.07) is 21.2. The second kappa shape index (κ2) is 8.05. The molecule has 30 heavy (non-hydrogen) atoms. The monoisotopic (exact) mass is 419 g/mol. The van der Waals surface area contributed by atoms with Crippen molar-refractivity contribution in [3.05, 3.63) is 106 Å². The summed E-state index contributed by atoms with van der Waals surface area (Å²) in [5.41, 5.74) is 1.72. The van der Waals surface area contributed by atoms with E-state index in [9.17, 15) is 19.8 Å². The number of aliphatic hydroxyl groups is 1. The molecule has 1 amide bonds. The topological polar surface area (TPSA) is 77.8 Å². The van der Waals surface area contributed by atoms with E-state index in [1.807, 2.05) is 30.3 Å². The summed E-state index contributed by atoms with van der Waals surface area (Å²) in [6.07, 6.45) is 0. The van der Waals surface area contributed by atoms with Crippen LogP contribution in [0.2, 0.25) is 5.02 Å². The third kappa shape index (κ3) is 3.67. The molecule has 1 heterocycles. The molecule has 3 aromatic rings. The van der Waals surface area contributed by atoms with Crippen molar-refractivity contribution in [3.8, 4) is 5.75 Å². The third-order valence-corrected chi connectivity index (χ3v) is 5.29. The number of carbonyl (C=O) groups is 2. The number of hydrogen-bond acceptors (Lipinski definition) is 4. The van der Waals surface area contributed by atoms with E-state index in [1.165, 1.54) is 17.0 Å². The van der Waals surface area contributed by atoms with E-state index in [2.05, 4.69) is 0 Å². The Morgan fingerprint density at radius 1 is 0.933 bits per heavy atom. The van der Waals surface area contributed by atoms with Gasteiger partial charge in [-0.1, -0.05) is 54.1 Å². The minimum absolute atomic E-state index is 0.00397. The van der Waals surface area contributed by atoms with E-state index in [4.69, 9.17) is 11.6 Å². The van der Waals surface area contributed by atoms with Crippen LogP contribution in [0.3, 0.4) is 0 Å². The molecule has 1 aliphatic heterocycles. The molecule has 0 radical (unpaired) electrons. The number of Topliss-reactive ketones (excluding diaryl/α,β-unsaturated/α-hetero) is 1. The molecule has 0 spiro atoms. The van der Waals surface area contributed by atoms with Crippen LogP contribution in [0.15, 0.2) is 84.4 Å². The minimum atomic E-state index is -0.840. The van der Waals surface area contributed by atoms with Gasteiger partial charge < -0.3 is 15.1 Å². The SMILES string of the molecule is O=C1C(=O)N(Cc2ccccc2)C(c2cccc(O)c2)C1=C(O)c1ccc(Cl)cc1. The number of ketones is 1. The van der Waals surface area contributed by atoms with Gasteiger partial charge in [-0.15, -0.1) is 0 Å². The second-order valence-electron chi connectivity index (χ2n) is 7.01. The lowest BCUT2D eigenvalue weighted by atomic mass is 9.95. The van der Waals surface area contributed by atoms with E-state index < -0.39 is 17.7 Å². The van der Waals surface area contributed by atoms with Crippen molar-refractivity contribution < 1.29 is 19.8 Å². The molecule has 1 atom stereocenters. The van der Waals surface area contributed by atoms with Crippen molar-refractivity contribution in [1.82, 2.24) is 4.90 Å². The predicted molar refractivity (Wildman–Crippen MR) is 114 cm³/mol. The minimum Gasteiger partial charge on any atom is -0.508 e. The maximum atomic E-state index is 13.0. The van der Waals surface area contributed by atoms with Gasteiger partial charge in [-0.05, 0) is 47.5 Å². The van der Waals surface area contributed by atoms with Gasteiger partial charge in [0.1, 0.15) is 11.5 Å². The number of hydrogen-bond donors (Lipinski definition) is 2. The quantitative estimate of drug-likeness (QED) is 0.366. The van der Waals surface area contributed by atoms with Crippen LogP contribution in [0, 0.1) is 0 Å². The van der Waals surface area contributed by atoms with E-state index in [1.54, 1.807) is 36.4 Å². The van der Waals surface area contributed by atoms with Crippen molar-refractivity contribution in [2.45, 2.75) is 12.6 Å². The molecule has 0 saturated carbocycles. The van der Waals surface area contributed by atoms with Gasteiger partial charge in [0.05, 0.1) is 11.6 Å². The van der Waals surface area contributed by atoms with Crippen molar-refractivity contribution in [2.75, 3.05) is 0 Å². The Morgan fingerprint density at radius 3 is 2.30 bits per heavy atom. The lowest BCUT2D eigenvalue weighted by Gasteiger charge is -2.25. The highest BCUT2D eigenvalue weighted by atomic mass is 35.5. The number of halogens is 1. The van der Waals surface area contributed by atoms with Crippen LogP contribution >= 0.6 is 11.6 Å². The molecule has 1 aliphatic rings. The number of likely N-dealkylation sites (tertiary alicyclic amines) is 1. The highest BCUT2D eigenvalue weighted by molar-refractivity contribution is 6.46. The summed E-state index contributed by atoms with van der Waals surface area (Å²) in [5.74, 6) is -1.76. The molecule has 0 aliphatic carbocycles. The maximum absolute atomic E-state index is 13.0. The van der Waals surface area contributed by atoms with Gasteiger partial charge in [-0.2, -0.15) is 0 Å². The number of phenolic OH excluding ortho intramolecular Hbond substituents is 1. The third-order valence-electron chi connectivity index (χ3n) is 5.04. The molecule has 5 nitrogen and oxygen atoms in total. The fraction of sp³-hybridized carbons (Fsp3) is 0.0833. The first-order valence-corrected chi connectivity index (χ1v) is 9.70. The van der Waals surface area contributed by atoms with Gasteiger partial charge in [-0.25, -0.2) is 0 Å². The molecule has 0 bridgehead atoms. The molecular weight excluding hydrogens is 402 g/mol. The molecule has 4 rings (SSSR count). The Kier molecular flexibility index (Phi) is 5.29. The number of aliphatic hydroxyl groups excluding tert-OH is 1. The first-order chi connectivity index (χ1) is 14.5. The zero-order chi connectivity index (χ0) is 21.3. The van der Waals surface area contributed by atoms with E-state index in [0.717, 1.165) is 5.56 Å². The zero-order valence-electron chi connectivity index (χ0n) is 15.8. The Morgan fingerprint density at radius 2 is 1.63 bits per heavy atom. The fourth-order valence-corrected chi connectivity index (χ4v) is 3.75. The lowest BCUT2D eigenvalue weighted by Crippen LogP contribution is -2.29. The number of carbonyl (C=O) groups excluding carboxylic acids is 2. The largest absolute Gasteiger partial charge is 0.508 e. The lowest BCUT2D eigenvalue weighted by molar-refractivity contribution is -0.140. The van der Waals surface area contributed by atoms with Crippen LogP contribution in [0.4, 0.5) is 0 Å². The molecule has 3 aromatic carbocycles. The maximum Gasteiger partial charge on any atom is 0.295 e. The van der Waals surface area contributed by atoms with E-state index in [0.29, 0.717) is 16.1 Å². The zero-order valence-corrected chi connectivity index (χ0v) is 16.6. The Hall–Kier alpha value is -3.57. The molecule has 2 N–H and O–H groups in total. The first-order valence-electron chi connectivity index (χ1n) is 9.33. The molecule has 1 saturated heterocycles. The summed E-state index contributed by atoms with van der Waals surface area (Å²) in [4.78, 5) is 27.3. The average Bonchev–Trinajstić information content (AvgIpc) is 2.99. The Labute approximate surface area is 178 Å². The molecular formula is C24H18ClNO4. The summed E-state index contributed by atoms with van der Waals surface area (Å²) in [6.45, 7) is 0.184. The van der Waals surface area contributed by atoms with E-state index >= 15 is 0 Å².